The van der Waals surface area contributed by atoms with E-state index in [0.717, 1.165) is 12.1 Å². The van der Waals surface area contributed by atoms with E-state index in [1.165, 1.54) is 6.07 Å². The molecule has 5 heteroatoms. The molecule has 0 saturated carbocycles. The van der Waals surface area contributed by atoms with E-state index in [-0.39, 0.29) is 5.69 Å². The van der Waals surface area contributed by atoms with Crippen molar-refractivity contribution >= 4 is 11.4 Å². The molecule has 0 saturated heterocycles. The molecule has 1 rings (SSSR count). The second kappa shape index (κ2) is 4.47. The van der Waals surface area contributed by atoms with Crippen LogP contribution in [0.1, 0.15) is 18.9 Å². The number of nitrogens with one attached hydrogen (secondary N) is 1. The average molecular weight is 230 g/mol. The SMILES string of the molecule is C=C(CC)Nc1ccc(C(F)(F)F)cc1N. The molecule has 0 unspecified atom stereocenters. The molecule has 1 aromatic rings. The molecule has 2 nitrogen and oxygen atoms in total. The Balaban J connectivity index is 2.96. The van der Waals surface area contributed by atoms with E-state index in [1.807, 2.05) is 6.92 Å². The summed E-state index contributed by atoms with van der Waals surface area (Å²) in [6.07, 6.45) is -3.69. The second-order valence-corrected chi connectivity index (χ2v) is 3.38. The van der Waals surface area contributed by atoms with Gasteiger partial charge in [-0.3, -0.25) is 0 Å². The number of hydrogen-bond acceptors (Lipinski definition) is 2. The number of benzene rings is 1. The largest absolute Gasteiger partial charge is 0.416 e. The summed E-state index contributed by atoms with van der Waals surface area (Å²) in [6, 6.07) is 3.20. The third kappa shape index (κ3) is 2.92. The maximum absolute atomic E-state index is 12.3. The van der Waals surface area contributed by atoms with Gasteiger partial charge in [0.05, 0.1) is 16.9 Å². The number of allylic oxidation sites excluding steroid dienone is 1. The van der Waals surface area contributed by atoms with Crippen molar-refractivity contribution in [1.29, 1.82) is 0 Å². The predicted octanol–water partition coefficient (Wildman–Crippen LogP) is 3.62. The minimum absolute atomic E-state index is 0.0597. The number of nitrogen functional groups attached to an aromatic ring is 1. The van der Waals surface area contributed by atoms with Gasteiger partial charge in [0.2, 0.25) is 0 Å². The Hall–Kier alpha value is -1.65. The van der Waals surface area contributed by atoms with Crippen LogP contribution in [0.5, 0.6) is 0 Å². The van der Waals surface area contributed by atoms with Crippen LogP contribution >= 0.6 is 0 Å². The van der Waals surface area contributed by atoms with Crippen molar-refractivity contribution < 1.29 is 13.2 Å². The minimum atomic E-state index is -4.37. The summed E-state index contributed by atoms with van der Waals surface area (Å²) in [7, 11) is 0. The number of alkyl halides is 3. The summed E-state index contributed by atoms with van der Waals surface area (Å²) in [5.74, 6) is 0. The molecular weight excluding hydrogens is 217 g/mol. The third-order valence-electron chi connectivity index (χ3n) is 2.12. The van der Waals surface area contributed by atoms with Gasteiger partial charge in [0.15, 0.2) is 0 Å². The van der Waals surface area contributed by atoms with E-state index in [9.17, 15) is 13.2 Å². The fourth-order valence-electron chi connectivity index (χ4n) is 1.13. The first-order chi connectivity index (χ1) is 7.34. The summed E-state index contributed by atoms with van der Waals surface area (Å²) in [5, 5.41) is 2.85. The molecule has 0 spiro atoms. The molecule has 3 N–H and O–H groups in total. The van der Waals surface area contributed by atoms with Crippen LogP contribution < -0.4 is 11.1 Å². The molecule has 1 aromatic carbocycles. The van der Waals surface area contributed by atoms with Crippen LogP contribution in [0, 0.1) is 0 Å². The monoisotopic (exact) mass is 230 g/mol. The van der Waals surface area contributed by atoms with Gasteiger partial charge in [0, 0.05) is 5.70 Å². The molecule has 0 radical (unpaired) electrons. The van der Waals surface area contributed by atoms with Gasteiger partial charge >= 0.3 is 6.18 Å². The Morgan fingerprint density at radius 1 is 1.44 bits per heavy atom. The van der Waals surface area contributed by atoms with Gasteiger partial charge in [0.1, 0.15) is 0 Å². The Kier molecular flexibility index (Phi) is 3.47. The van der Waals surface area contributed by atoms with Gasteiger partial charge in [-0.2, -0.15) is 13.2 Å². The Bertz CT molecular complexity index is 397. The molecule has 0 aromatic heterocycles. The van der Waals surface area contributed by atoms with Crippen molar-refractivity contribution in [2.75, 3.05) is 11.1 Å². The van der Waals surface area contributed by atoms with Gasteiger partial charge in [-0.05, 0) is 24.6 Å². The minimum Gasteiger partial charge on any atom is -0.397 e. The number of anilines is 2. The number of hydrogen-bond donors (Lipinski definition) is 2. The summed E-state index contributed by atoms with van der Waals surface area (Å²) in [5.41, 5.74) is 5.97. The summed E-state index contributed by atoms with van der Waals surface area (Å²) in [4.78, 5) is 0. The van der Waals surface area contributed by atoms with Gasteiger partial charge in [0.25, 0.3) is 0 Å². The van der Waals surface area contributed by atoms with Crippen LogP contribution in [0.3, 0.4) is 0 Å². The Morgan fingerprint density at radius 3 is 2.50 bits per heavy atom. The normalized spacial score (nSPS) is 11.2. The maximum atomic E-state index is 12.3. The van der Waals surface area contributed by atoms with Crippen molar-refractivity contribution in [3.63, 3.8) is 0 Å². The van der Waals surface area contributed by atoms with Crippen LogP contribution in [0.4, 0.5) is 24.5 Å². The molecule has 0 bridgehead atoms. The Morgan fingerprint density at radius 2 is 2.06 bits per heavy atom. The van der Waals surface area contributed by atoms with Crippen LogP contribution in [0.25, 0.3) is 0 Å². The molecular formula is C11H13F3N2. The predicted molar refractivity (Wildman–Crippen MR) is 58.9 cm³/mol. The Labute approximate surface area is 92.0 Å². The lowest BCUT2D eigenvalue weighted by Crippen LogP contribution is -2.07. The van der Waals surface area contributed by atoms with E-state index in [1.54, 1.807) is 0 Å². The summed E-state index contributed by atoms with van der Waals surface area (Å²) < 4.78 is 37.0. The standard InChI is InChI=1S/C11H13F3N2/c1-3-7(2)16-10-5-4-8(6-9(10)15)11(12,13)14/h4-6,16H,2-3,15H2,1H3. The lowest BCUT2D eigenvalue weighted by Gasteiger charge is -2.13. The number of nitrogens with two attached hydrogens (primary N) is 1. The zero-order valence-electron chi connectivity index (χ0n) is 8.86. The van der Waals surface area contributed by atoms with E-state index in [0.29, 0.717) is 17.8 Å². The van der Waals surface area contributed by atoms with Crippen LogP contribution in [0.2, 0.25) is 0 Å². The molecule has 88 valence electrons. The fourth-order valence-corrected chi connectivity index (χ4v) is 1.13. The first-order valence-electron chi connectivity index (χ1n) is 4.76. The van der Waals surface area contributed by atoms with Crippen molar-refractivity contribution in [3.05, 3.63) is 36.0 Å². The van der Waals surface area contributed by atoms with Crippen LogP contribution in [0.15, 0.2) is 30.5 Å². The average Bonchev–Trinajstić information content (AvgIpc) is 2.19. The molecule has 0 aliphatic rings. The lowest BCUT2D eigenvalue weighted by molar-refractivity contribution is -0.137. The van der Waals surface area contributed by atoms with Gasteiger partial charge in [-0.1, -0.05) is 13.5 Å². The van der Waals surface area contributed by atoms with E-state index in [4.69, 9.17) is 5.73 Å². The molecule has 16 heavy (non-hydrogen) atoms. The second-order valence-electron chi connectivity index (χ2n) is 3.38. The van der Waals surface area contributed by atoms with E-state index < -0.39 is 11.7 Å². The molecule has 0 aliphatic carbocycles. The molecule has 0 fully saturated rings. The highest BCUT2D eigenvalue weighted by molar-refractivity contribution is 5.69. The first kappa shape index (κ1) is 12.4. The maximum Gasteiger partial charge on any atom is 0.416 e. The quantitative estimate of drug-likeness (QED) is 0.778. The van der Waals surface area contributed by atoms with Crippen LogP contribution in [-0.4, -0.2) is 0 Å². The fraction of sp³-hybridized carbons (Fsp3) is 0.273. The molecule has 0 amide bonds. The lowest BCUT2D eigenvalue weighted by atomic mass is 10.1. The number of halogens is 3. The first-order valence-corrected chi connectivity index (χ1v) is 4.76. The van der Waals surface area contributed by atoms with E-state index >= 15 is 0 Å². The smallest absolute Gasteiger partial charge is 0.397 e. The van der Waals surface area contributed by atoms with E-state index in [2.05, 4.69) is 11.9 Å². The van der Waals surface area contributed by atoms with Crippen molar-refractivity contribution in [3.8, 4) is 0 Å². The van der Waals surface area contributed by atoms with Gasteiger partial charge in [-0.15, -0.1) is 0 Å². The third-order valence-corrected chi connectivity index (χ3v) is 2.12. The van der Waals surface area contributed by atoms with Gasteiger partial charge in [-0.25, -0.2) is 0 Å². The molecule has 0 atom stereocenters. The topological polar surface area (TPSA) is 38.0 Å². The highest BCUT2D eigenvalue weighted by Gasteiger charge is 2.30. The van der Waals surface area contributed by atoms with Gasteiger partial charge < -0.3 is 11.1 Å². The highest BCUT2D eigenvalue weighted by Crippen LogP contribution is 2.33. The summed E-state index contributed by atoms with van der Waals surface area (Å²) in [6.45, 7) is 5.58. The van der Waals surface area contributed by atoms with Crippen molar-refractivity contribution in [2.24, 2.45) is 0 Å². The summed E-state index contributed by atoms with van der Waals surface area (Å²) >= 11 is 0. The molecule has 0 heterocycles. The zero-order chi connectivity index (χ0) is 12.3. The van der Waals surface area contributed by atoms with Crippen molar-refractivity contribution in [1.82, 2.24) is 0 Å². The highest BCUT2D eigenvalue weighted by atomic mass is 19.4. The van der Waals surface area contributed by atoms with Crippen LogP contribution in [-0.2, 0) is 6.18 Å². The molecule has 0 aliphatic heterocycles. The number of rotatable bonds is 3. The zero-order valence-corrected chi connectivity index (χ0v) is 8.86. The van der Waals surface area contributed by atoms with Crippen molar-refractivity contribution in [2.45, 2.75) is 19.5 Å².